The third-order valence-corrected chi connectivity index (χ3v) is 3.78. The van der Waals surface area contributed by atoms with Crippen molar-refractivity contribution in [1.29, 1.82) is 0 Å². The van der Waals surface area contributed by atoms with Gasteiger partial charge in [0.1, 0.15) is 10.6 Å². The Bertz CT molecular complexity index is 799. The SMILES string of the molecule is CN(C)c1ccc(/N=N/c2ccc(N)cc2S(=O)(=O)O)cc1. The predicted molar refractivity (Wildman–Crippen MR) is 85.6 cm³/mol. The first-order chi connectivity index (χ1) is 10.3. The van der Waals surface area contributed by atoms with E-state index in [1.807, 2.05) is 31.1 Å². The molecule has 0 amide bonds. The standard InChI is InChI=1S/C14H16N4O3S/c1-18(2)12-6-4-11(5-7-12)16-17-13-8-3-10(15)9-14(13)22(19,20)21/h3-9H,15H2,1-2H3,(H,19,20,21)/b17-16+. The number of azo groups is 1. The van der Waals surface area contributed by atoms with Crippen molar-refractivity contribution in [3.05, 3.63) is 42.5 Å². The molecule has 0 fully saturated rings. The summed E-state index contributed by atoms with van der Waals surface area (Å²) in [6, 6.07) is 11.2. The molecule has 0 aliphatic carbocycles. The molecule has 116 valence electrons. The van der Waals surface area contributed by atoms with Crippen LogP contribution in [-0.4, -0.2) is 27.1 Å². The molecule has 0 unspecified atom stereocenters. The second-order valence-electron chi connectivity index (χ2n) is 4.81. The molecule has 0 aromatic heterocycles. The van der Waals surface area contributed by atoms with Gasteiger partial charge in [-0.25, -0.2) is 0 Å². The molecule has 0 heterocycles. The summed E-state index contributed by atoms with van der Waals surface area (Å²) in [4.78, 5) is 1.57. The maximum absolute atomic E-state index is 11.3. The fraction of sp³-hybridized carbons (Fsp3) is 0.143. The van der Waals surface area contributed by atoms with Gasteiger partial charge in [0.2, 0.25) is 0 Å². The van der Waals surface area contributed by atoms with Crippen LogP contribution >= 0.6 is 0 Å². The number of hydrogen-bond donors (Lipinski definition) is 2. The van der Waals surface area contributed by atoms with Crippen molar-refractivity contribution in [2.45, 2.75) is 4.90 Å². The minimum absolute atomic E-state index is 0.0217. The predicted octanol–water partition coefficient (Wildman–Crippen LogP) is 3.00. The van der Waals surface area contributed by atoms with Crippen molar-refractivity contribution in [3.63, 3.8) is 0 Å². The van der Waals surface area contributed by atoms with Gasteiger partial charge < -0.3 is 10.6 Å². The van der Waals surface area contributed by atoms with Crippen LogP contribution in [0.2, 0.25) is 0 Å². The highest BCUT2D eigenvalue weighted by atomic mass is 32.2. The number of rotatable bonds is 4. The van der Waals surface area contributed by atoms with Gasteiger partial charge in [0, 0.05) is 25.5 Å². The zero-order valence-corrected chi connectivity index (χ0v) is 12.9. The molecule has 0 aliphatic heterocycles. The fourth-order valence-electron chi connectivity index (χ4n) is 1.75. The molecule has 8 heteroatoms. The molecule has 2 aromatic carbocycles. The van der Waals surface area contributed by atoms with Gasteiger partial charge >= 0.3 is 0 Å². The summed E-state index contributed by atoms with van der Waals surface area (Å²) < 4.78 is 31.9. The van der Waals surface area contributed by atoms with Crippen molar-refractivity contribution < 1.29 is 13.0 Å². The number of anilines is 2. The van der Waals surface area contributed by atoms with E-state index in [1.165, 1.54) is 12.1 Å². The summed E-state index contributed by atoms with van der Waals surface area (Å²) in [6.07, 6.45) is 0. The van der Waals surface area contributed by atoms with E-state index in [0.29, 0.717) is 5.69 Å². The van der Waals surface area contributed by atoms with E-state index in [-0.39, 0.29) is 16.3 Å². The number of nitrogens with zero attached hydrogens (tertiary/aromatic N) is 3. The Balaban J connectivity index is 2.34. The maximum atomic E-state index is 11.3. The second-order valence-corrected chi connectivity index (χ2v) is 6.20. The average Bonchev–Trinajstić information content (AvgIpc) is 2.45. The van der Waals surface area contributed by atoms with Crippen LogP contribution in [0.15, 0.2) is 57.6 Å². The van der Waals surface area contributed by atoms with Gasteiger partial charge in [-0.05, 0) is 42.5 Å². The normalized spacial score (nSPS) is 11.8. The molecule has 7 nitrogen and oxygen atoms in total. The minimum atomic E-state index is -4.42. The first kappa shape index (κ1) is 15.9. The van der Waals surface area contributed by atoms with Gasteiger partial charge in [0.05, 0.1) is 5.69 Å². The van der Waals surface area contributed by atoms with Crippen LogP contribution in [0.4, 0.5) is 22.7 Å². The lowest BCUT2D eigenvalue weighted by atomic mass is 10.3. The first-order valence-corrected chi connectivity index (χ1v) is 7.77. The third-order valence-electron chi connectivity index (χ3n) is 2.90. The molecular weight excluding hydrogens is 304 g/mol. The van der Waals surface area contributed by atoms with Gasteiger partial charge in [0.25, 0.3) is 10.1 Å². The highest BCUT2D eigenvalue weighted by Gasteiger charge is 2.15. The molecule has 2 aromatic rings. The molecule has 0 aliphatic rings. The van der Waals surface area contributed by atoms with Crippen molar-refractivity contribution in [2.75, 3.05) is 24.7 Å². The van der Waals surface area contributed by atoms with Crippen molar-refractivity contribution in [2.24, 2.45) is 10.2 Å². The quantitative estimate of drug-likeness (QED) is 0.511. The maximum Gasteiger partial charge on any atom is 0.296 e. The molecular formula is C14H16N4O3S. The molecule has 2 rings (SSSR count). The molecule has 22 heavy (non-hydrogen) atoms. The monoisotopic (exact) mass is 320 g/mol. The van der Waals surface area contributed by atoms with E-state index in [0.717, 1.165) is 11.8 Å². The summed E-state index contributed by atoms with van der Waals surface area (Å²) in [5.41, 5.74) is 7.32. The molecule has 0 radical (unpaired) electrons. The van der Waals surface area contributed by atoms with Crippen molar-refractivity contribution in [3.8, 4) is 0 Å². The van der Waals surface area contributed by atoms with Crippen molar-refractivity contribution >= 4 is 32.9 Å². The summed E-state index contributed by atoms with van der Waals surface area (Å²) in [5, 5.41) is 7.85. The molecule has 3 N–H and O–H groups in total. The fourth-order valence-corrected chi connectivity index (χ4v) is 2.41. The zero-order chi connectivity index (χ0) is 16.3. The van der Waals surface area contributed by atoms with E-state index in [4.69, 9.17) is 5.73 Å². The van der Waals surface area contributed by atoms with Crippen LogP contribution < -0.4 is 10.6 Å². The Morgan fingerprint density at radius 1 is 1.05 bits per heavy atom. The molecule has 0 spiro atoms. The van der Waals surface area contributed by atoms with Crippen LogP contribution in [-0.2, 0) is 10.1 Å². The van der Waals surface area contributed by atoms with Crippen LogP contribution in [0, 0.1) is 0 Å². The van der Waals surface area contributed by atoms with Crippen LogP contribution in [0.1, 0.15) is 0 Å². The Kier molecular flexibility index (Phi) is 4.43. The van der Waals surface area contributed by atoms with Crippen LogP contribution in [0.5, 0.6) is 0 Å². The van der Waals surface area contributed by atoms with Gasteiger partial charge in [-0.2, -0.15) is 13.5 Å². The summed E-state index contributed by atoms with van der Waals surface area (Å²) in [7, 11) is -0.579. The highest BCUT2D eigenvalue weighted by Crippen LogP contribution is 2.28. The summed E-state index contributed by atoms with van der Waals surface area (Å²) in [6.45, 7) is 0. The molecule has 0 bridgehead atoms. The van der Waals surface area contributed by atoms with Gasteiger partial charge in [-0.3, -0.25) is 4.55 Å². The molecule has 0 saturated carbocycles. The third kappa shape index (κ3) is 3.80. The first-order valence-electron chi connectivity index (χ1n) is 6.33. The largest absolute Gasteiger partial charge is 0.399 e. The lowest BCUT2D eigenvalue weighted by Crippen LogP contribution is -2.07. The Hall–Kier alpha value is -2.45. The number of hydrogen-bond acceptors (Lipinski definition) is 6. The Morgan fingerprint density at radius 3 is 2.23 bits per heavy atom. The van der Waals surface area contributed by atoms with E-state index in [9.17, 15) is 13.0 Å². The van der Waals surface area contributed by atoms with E-state index < -0.39 is 10.1 Å². The zero-order valence-electron chi connectivity index (χ0n) is 12.1. The smallest absolute Gasteiger partial charge is 0.296 e. The average molecular weight is 320 g/mol. The lowest BCUT2D eigenvalue weighted by Gasteiger charge is -2.11. The summed E-state index contributed by atoms with van der Waals surface area (Å²) >= 11 is 0. The van der Waals surface area contributed by atoms with Gasteiger partial charge in [0.15, 0.2) is 0 Å². The van der Waals surface area contributed by atoms with Crippen LogP contribution in [0.25, 0.3) is 0 Å². The Morgan fingerprint density at radius 2 is 1.68 bits per heavy atom. The number of benzene rings is 2. The highest BCUT2D eigenvalue weighted by molar-refractivity contribution is 7.86. The van der Waals surface area contributed by atoms with E-state index in [1.54, 1.807) is 12.1 Å². The van der Waals surface area contributed by atoms with Crippen LogP contribution in [0.3, 0.4) is 0 Å². The Labute approximate surface area is 128 Å². The molecule has 0 atom stereocenters. The lowest BCUT2D eigenvalue weighted by molar-refractivity contribution is 0.483. The second kappa shape index (κ2) is 6.12. The number of nitrogens with two attached hydrogens (primary N) is 1. The molecule has 0 saturated heterocycles. The van der Waals surface area contributed by atoms with Gasteiger partial charge in [-0.1, -0.05) is 0 Å². The van der Waals surface area contributed by atoms with Gasteiger partial charge in [-0.15, -0.1) is 5.11 Å². The minimum Gasteiger partial charge on any atom is -0.399 e. The number of nitrogen functional groups attached to an aromatic ring is 1. The summed E-state index contributed by atoms with van der Waals surface area (Å²) in [5.74, 6) is 0. The topological polar surface area (TPSA) is 108 Å². The van der Waals surface area contributed by atoms with E-state index >= 15 is 0 Å². The van der Waals surface area contributed by atoms with E-state index in [2.05, 4.69) is 10.2 Å². The van der Waals surface area contributed by atoms with Crippen molar-refractivity contribution in [1.82, 2.24) is 0 Å².